The molecule has 0 aliphatic heterocycles. The maximum Gasteiger partial charge on any atom is 2.00 e. The number of carboxylic acid groups (broad SMARTS) is 2. The molecule has 2 atom stereocenters. The molecule has 8 nitrogen and oxygen atoms in total. The first-order valence-corrected chi connectivity index (χ1v) is 7.68. The number of carbonyl (C=O) groups excluding carboxylic acids is 2. The van der Waals surface area contributed by atoms with Gasteiger partial charge in [-0.25, -0.2) is 0 Å². The molecule has 9 heteroatoms. The van der Waals surface area contributed by atoms with Crippen molar-refractivity contribution < 1.29 is 49.5 Å². The van der Waals surface area contributed by atoms with Gasteiger partial charge in [-0.1, -0.05) is 71.7 Å². The first-order chi connectivity index (χ1) is 12.4. The average molecular weight is 420 g/mol. The number of aliphatic carboxylic acids is 2. The zero-order valence-corrected chi connectivity index (χ0v) is 17.2. The van der Waals surface area contributed by atoms with E-state index in [0.29, 0.717) is 0 Å². The molecule has 0 aromatic heterocycles. The second-order valence-corrected chi connectivity index (χ2v) is 5.33. The molecule has 138 valence electrons. The fourth-order valence-corrected chi connectivity index (χ4v) is 2.39. The normalized spacial score (nSPS) is 12.6. The summed E-state index contributed by atoms with van der Waals surface area (Å²) in [4.78, 5) is 22.5. The van der Waals surface area contributed by atoms with E-state index in [0.717, 1.165) is 0 Å². The predicted octanol–water partition coefficient (Wildman–Crippen LogP) is -1.14. The van der Waals surface area contributed by atoms with Gasteiger partial charge < -0.3 is 40.6 Å². The Bertz CT molecular complexity index is 720. The van der Waals surface area contributed by atoms with Crippen LogP contribution in [-0.4, -0.2) is 25.0 Å². The molecule has 2 unspecified atom stereocenters. The zero-order chi connectivity index (χ0) is 19.1. The van der Waals surface area contributed by atoms with Crippen LogP contribution in [0.15, 0.2) is 48.5 Å². The molecule has 0 aliphatic rings. The second-order valence-electron chi connectivity index (χ2n) is 5.33. The SMILES string of the molecule is O=C([O-])C([N-]CC[N-]C(C(=O)[O-])c1ccccc1[O-])c1ccccc1[O-].[Zn+2]. The third-order valence-electron chi connectivity index (χ3n) is 3.60. The Labute approximate surface area is 168 Å². The van der Waals surface area contributed by atoms with Gasteiger partial charge in [0.15, 0.2) is 0 Å². The van der Waals surface area contributed by atoms with Crippen LogP contribution in [0.4, 0.5) is 0 Å². The van der Waals surface area contributed by atoms with E-state index in [1.54, 1.807) is 0 Å². The number of benzene rings is 2. The standard InChI is InChI=1S/C18H18N2O6.Zn/c21-13-7-3-1-5-11(13)15(17(23)24)19-9-10-20-16(18(25)26)12-6-2-4-8-14(12)22;/h1-8,15-16,21-22H,9-10H2,(H,23,24)(H,25,26);/q-2;+2/p-4. The summed E-state index contributed by atoms with van der Waals surface area (Å²) < 4.78 is 0. The maximum absolute atomic E-state index is 11.7. The maximum atomic E-state index is 11.7. The molecule has 2 aromatic carbocycles. The van der Waals surface area contributed by atoms with Crippen LogP contribution in [0.5, 0.6) is 11.5 Å². The van der Waals surface area contributed by atoms with Crippen molar-refractivity contribution in [3.63, 3.8) is 0 Å². The molecule has 0 bridgehead atoms. The monoisotopic (exact) mass is 418 g/mol. The summed E-state index contributed by atoms with van der Waals surface area (Å²) in [6.07, 6.45) is 0. The summed E-state index contributed by atoms with van der Waals surface area (Å²) in [7, 11) is 0. The molecule has 0 spiro atoms. The molecule has 0 saturated heterocycles. The van der Waals surface area contributed by atoms with Crippen molar-refractivity contribution in [3.8, 4) is 11.5 Å². The van der Waals surface area contributed by atoms with Crippen LogP contribution in [0.1, 0.15) is 23.2 Å². The van der Waals surface area contributed by atoms with Crippen molar-refractivity contribution in [2.24, 2.45) is 0 Å². The fraction of sp³-hybridized carbons (Fsp3) is 0.222. The minimum absolute atomic E-state index is 0. The van der Waals surface area contributed by atoms with Crippen molar-refractivity contribution in [3.05, 3.63) is 70.3 Å². The molecule has 0 amide bonds. The number of hydrogen-bond acceptors (Lipinski definition) is 6. The summed E-state index contributed by atoms with van der Waals surface area (Å²) in [5, 5.41) is 53.6. The number of rotatable bonds is 9. The van der Waals surface area contributed by atoms with E-state index >= 15 is 0 Å². The first kappa shape index (κ1) is 22.6. The van der Waals surface area contributed by atoms with Crippen LogP contribution >= 0.6 is 0 Å². The van der Waals surface area contributed by atoms with Gasteiger partial charge in [0.2, 0.25) is 0 Å². The van der Waals surface area contributed by atoms with Crippen molar-refractivity contribution in [2.75, 3.05) is 13.1 Å². The molecule has 0 heterocycles. The van der Waals surface area contributed by atoms with Gasteiger partial charge in [-0.15, -0.1) is 11.5 Å². The van der Waals surface area contributed by atoms with Gasteiger partial charge in [0, 0.05) is 11.9 Å². The predicted molar refractivity (Wildman–Crippen MR) is 83.7 cm³/mol. The fourth-order valence-electron chi connectivity index (χ4n) is 2.39. The Kier molecular flexibility index (Phi) is 8.87. The van der Waals surface area contributed by atoms with Gasteiger partial charge in [0.05, 0.1) is 0 Å². The molecule has 0 saturated carbocycles. The van der Waals surface area contributed by atoms with Crippen LogP contribution in [0.3, 0.4) is 0 Å². The molecule has 2 aromatic rings. The number of carbonyl (C=O) groups is 2. The minimum atomic E-state index is -1.55. The first-order valence-electron chi connectivity index (χ1n) is 7.68. The molecule has 0 aliphatic carbocycles. The van der Waals surface area contributed by atoms with Crippen molar-refractivity contribution in [2.45, 2.75) is 12.1 Å². The Balaban J connectivity index is 0.00000364. The van der Waals surface area contributed by atoms with E-state index in [-0.39, 0.29) is 43.7 Å². The van der Waals surface area contributed by atoms with E-state index in [4.69, 9.17) is 0 Å². The van der Waals surface area contributed by atoms with Crippen molar-refractivity contribution >= 4 is 11.9 Å². The third-order valence-corrected chi connectivity index (χ3v) is 3.60. The molecular formula is C18H14N2O6Zn-4. The number of hydrogen-bond donors (Lipinski definition) is 0. The van der Waals surface area contributed by atoms with Crippen LogP contribution in [0.25, 0.3) is 10.6 Å². The number of nitrogens with zero attached hydrogens (tertiary/aromatic N) is 2. The summed E-state index contributed by atoms with van der Waals surface area (Å²) in [5.41, 5.74) is -0.0947. The molecule has 2 rings (SSSR count). The Hall–Kier alpha value is -2.48. The quantitative estimate of drug-likeness (QED) is 0.369. The van der Waals surface area contributed by atoms with Crippen LogP contribution in [0, 0.1) is 0 Å². The van der Waals surface area contributed by atoms with Gasteiger partial charge in [0.1, 0.15) is 0 Å². The van der Waals surface area contributed by atoms with Gasteiger partial charge in [0.25, 0.3) is 0 Å². The van der Waals surface area contributed by atoms with Crippen molar-refractivity contribution in [1.29, 1.82) is 0 Å². The van der Waals surface area contributed by atoms with Gasteiger partial charge in [-0.2, -0.15) is 13.1 Å². The number of para-hydroxylation sites is 2. The van der Waals surface area contributed by atoms with Crippen LogP contribution in [-0.2, 0) is 29.1 Å². The van der Waals surface area contributed by atoms with Crippen LogP contribution in [0.2, 0.25) is 0 Å². The van der Waals surface area contributed by atoms with E-state index < -0.39 is 35.5 Å². The third kappa shape index (κ3) is 6.03. The average Bonchev–Trinajstić information content (AvgIpc) is 2.59. The topological polar surface area (TPSA) is 155 Å². The van der Waals surface area contributed by atoms with E-state index in [9.17, 15) is 30.0 Å². The zero-order valence-electron chi connectivity index (χ0n) is 14.2. The largest absolute Gasteiger partial charge is 2.00 e. The summed E-state index contributed by atoms with van der Waals surface area (Å²) in [6, 6.07) is 8.08. The smallest absolute Gasteiger partial charge is 0.872 e. The number of carboxylic acids is 2. The van der Waals surface area contributed by atoms with E-state index in [1.807, 2.05) is 0 Å². The summed E-state index contributed by atoms with van der Waals surface area (Å²) in [6.45, 7) is -0.338. The van der Waals surface area contributed by atoms with E-state index in [2.05, 4.69) is 10.6 Å². The molecule has 27 heavy (non-hydrogen) atoms. The van der Waals surface area contributed by atoms with E-state index in [1.165, 1.54) is 48.5 Å². The second kappa shape index (κ2) is 10.6. The molecule has 0 fully saturated rings. The summed E-state index contributed by atoms with van der Waals surface area (Å²) >= 11 is 0. The molecule has 0 radical (unpaired) electrons. The minimum Gasteiger partial charge on any atom is -0.872 e. The van der Waals surface area contributed by atoms with Crippen molar-refractivity contribution in [1.82, 2.24) is 0 Å². The molecule has 0 N–H and O–H groups in total. The van der Waals surface area contributed by atoms with Gasteiger partial charge >= 0.3 is 19.5 Å². The Morgan fingerprint density at radius 3 is 1.37 bits per heavy atom. The Morgan fingerprint density at radius 1 is 0.741 bits per heavy atom. The van der Waals surface area contributed by atoms with Crippen LogP contribution < -0.4 is 20.4 Å². The van der Waals surface area contributed by atoms with Gasteiger partial charge in [-0.3, -0.25) is 0 Å². The summed E-state index contributed by atoms with van der Waals surface area (Å²) in [5.74, 6) is -4.07. The van der Waals surface area contributed by atoms with Gasteiger partial charge in [-0.05, 0) is 0 Å². The molecular weight excluding hydrogens is 406 g/mol. The Morgan fingerprint density at radius 2 is 1.07 bits per heavy atom.